The third kappa shape index (κ3) is 6.81. The SMILES string of the molecule is C=CCCC(O)CN(CC(=O)N1CCc2sccc2C1COc1cccc(F)c1)Cc1ccco1. The molecule has 1 aliphatic rings. The number of aliphatic hydroxyl groups is 1. The Hall–Kier alpha value is -2.94. The summed E-state index contributed by atoms with van der Waals surface area (Å²) in [6.45, 7) is 5.44. The Morgan fingerprint density at radius 3 is 3.03 bits per heavy atom. The maximum atomic E-state index is 13.6. The van der Waals surface area contributed by atoms with Crippen LogP contribution in [0.3, 0.4) is 0 Å². The summed E-state index contributed by atoms with van der Waals surface area (Å²) < 4.78 is 25.0. The van der Waals surface area contributed by atoms with Crippen molar-refractivity contribution in [2.24, 2.45) is 0 Å². The topological polar surface area (TPSA) is 66.2 Å². The van der Waals surface area contributed by atoms with Crippen LogP contribution in [0.2, 0.25) is 0 Å². The molecule has 0 fully saturated rings. The van der Waals surface area contributed by atoms with Crippen LogP contribution in [-0.2, 0) is 17.8 Å². The number of furan rings is 1. The fourth-order valence-corrected chi connectivity index (χ4v) is 5.32. The molecule has 8 heteroatoms. The van der Waals surface area contributed by atoms with Crippen molar-refractivity contribution < 1.29 is 23.4 Å². The summed E-state index contributed by atoms with van der Waals surface area (Å²) in [7, 11) is 0. The number of ether oxygens (including phenoxy) is 1. The van der Waals surface area contributed by atoms with Crippen molar-refractivity contribution in [1.29, 1.82) is 0 Å². The number of fused-ring (bicyclic) bond motifs is 1. The van der Waals surface area contributed by atoms with Crippen LogP contribution in [0.25, 0.3) is 0 Å². The lowest BCUT2D eigenvalue weighted by Gasteiger charge is -2.37. The lowest BCUT2D eigenvalue weighted by Crippen LogP contribution is -2.47. The van der Waals surface area contributed by atoms with Crippen LogP contribution >= 0.6 is 11.3 Å². The second-order valence-electron chi connectivity index (χ2n) is 8.69. The molecule has 3 aromatic rings. The van der Waals surface area contributed by atoms with E-state index in [0.717, 1.165) is 17.7 Å². The normalized spacial score (nSPS) is 16.2. The van der Waals surface area contributed by atoms with Crippen molar-refractivity contribution in [3.05, 3.63) is 88.8 Å². The molecule has 1 amide bonds. The number of nitrogens with zero attached hydrogens (tertiary/aromatic N) is 2. The monoisotopic (exact) mass is 498 g/mol. The van der Waals surface area contributed by atoms with E-state index in [2.05, 4.69) is 6.58 Å². The Morgan fingerprint density at radius 1 is 1.37 bits per heavy atom. The molecule has 1 aromatic carbocycles. The van der Waals surface area contributed by atoms with Crippen LogP contribution in [0.15, 0.2) is 71.2 Å². The molecule has 0 aliphatic carbocycles. The van der Waals surface area contributed by atoms with Crippen LogP contribution < -0.4 is 4.74 Å². The highest BCUT2D eigenvalue weighted by molar-refractivity contribution is 7.10. The largest absolute Gasteiger partial charge is 0.491 e. The minimum Gasteiger partial charge on any atom is -0.491 e. The molecular formula is C27H31FN2O4S. The van der Waals surface area contributed by atoms with Crippen LogP contribution in [0.4, 0.5) is 4.39 Å². The number of aliphatic hydroxyl groups excluding tert-OH is 1. The molecule has 186 valence electrons. The summed E-state index contributed by atoms with van der Waals surface area (Å²) >= 11 is 1.68. The van der Waals surface area contributed by atoms with Gasteiger partial charge in [0.2, 0.25) is 5.91 Å². The first kappa shape index (κ1) is 25.2. The molecule has 2 aromatic heterocycles. The van der Waals surface area contributed by atoms with Crippen LogP contribution in [-0.4, -0.2) is 53.2 Å². The summed E-state index contributed by atoms with van der Waals surface area (Å²) in [6.07, 6.45) is 4.88. The number of hydrogen-bond donors (Lipinski definition) is 1. The second-order valence-corrected chi connectivity index (χ2v) is 9.69. The van der Waals surface area contributed by atoms with Crippen molar-refractivity contribution in [1.82, 2.24) is 9.80 Å². The molecule has 35 heavy (non-hydrogen) atoms. The summed E-state index contributed by atoms with van der Waals surface area (Å²) in [5, 5.41) is 12.5. The molecule has 0 spiro atoms. The van der Waals surface area contributed by atoms with Gasteiger partial charge in [-0.25, -0.2) is 4.39 Å². The number of thiophene rings is 1. The van der Waals surface area contributed by atoms with E-state index in [1.165, 1.54) is 17.0 Å². The number of amides is 1. The highest BCUT2D eigenvalue weighted by Gasteiger charge is 2.33. The Balaban J connectivity index is 1.48. The van der Waals surface area contributed by atoms with E-state index >= 15 is 0 Å². The quantitative estimate of drug-likeness (QED) is 0.363. The number of benzene rings is 1. The van der Waals surface area contributed by atoms with Gasteiger partial charge >= 0.3 is 0 Å². The molecule has 0 radical (unpaired) electrons. The predicted molar refractivity (Wildman–Crippen MR) is 134 cm³/mol. The van der Waals surface area contributed by atoms with E-state index in [9.17, 15) is 14.3 Å². The Kier molecular flexibility index (Phi) is 8.74. The van der Waals surface area contributed by atoms with Crippen molar-refractivity contribution in [2.75, 3.05) is 26.2 Å². The molecule has 6 nitrogen and oxygen atoms in total. The summed E-state index contributed by atoms with van der Waals surface area (Å²) in [4.78, 5) is 18.6. The van der Waals surface area contributed by atoms with Crippen LogP contribution in [0.1, 0.15) is 35.1 Å². The van der Waals surface area contributed by atoms with Crippen molar-refractivity contribution in [3.8, 4) is 5.75 Å². The number of carbonyl (C=O) groups is 1. The summed E-state index contributed by atoms with van der Waals surface area (Å²) in [5.41, 5.74) is 1.08. The van der Waals surface area contributed by atoms with Gasteiger partial charge in [0.1, 0.15) is 23.9 Å². The molecule has 2 unspecified atom stereocenters. The van der Waals surface area contributed by atoms with E-state index in [0.29, 0.717) is 38.2 Å². The third-order valence-electron chi connectivity index (χ3n) is 6.11. The first-order valence-electron chi connectivity index (χ1n) is 11.8. The van der Waals surface area contributed by atoms with Crippen molar-refractivity contribution >= 4 is 17.2 Å². The fourth-order valence-electron chi connectivity index (χ4n) is 4.40. The molecule has 4 rings (SSSR count). The molecule has 3 heterocycles. The van der Waals surface area contributed by atoms with Gasteiger partial charge in [-0.15, -0.1) is 17.9 Å². The van der Waals surface area contributed by atoms with Crippen LogP contribution in [0.5, 0.6) is 5.75 Å². The van der Waals surface area contributed by atoms with Gasteiger partial charge in [-0.3, -0.25) is 9.69 Å². The molecule has 0 saturated carbocycles. The number of carbonyl (C=O) groups excluding carboxylic acids is 1. The first-order valence-corrected chi connectivity index (χ1v) is 12.7. The highest BCUT2D eigenvalue weighted by Crippen LogP contribution is 2.34. The summed E-state index contributed by atoms with van der Waals surface area (Å²) in [5.74, 6) is 0.763. The van der Waals surface area contributed by atoms with E-state index in [4.69, 9.17) is 9.15 Å². The Bertz CT molecular complexity index is 1100. The number of rotatable bonds is 12. The average Bonchev–Trinajstić information content (AvgIpc) is 3.53. The minimum absolute atomic E-state index is 0.0443. The Labute approximate surface area is 209 Å². The lowest BCUT2D eigenvalue weighted by atomic mass is 10.0. The lowest BCUT2D eigenvalue weighted by molar-refractivity contribution is -0.136. The van der Waals surface area contributed by atoms with E-state index in [1.54, 1.807) is 35.8 Å². The molecule has 2 atom stereocenters. The van der Waals surface area contributed by atoms with Gasteiger partial charge in [0.05, 0.1) is 31.5 Å². The van der Waals surface area contributed by atoms with Crippen molar-refractivity contribution in [3.63, 3.8) is 0 Å². The highest BCUT2D eigenvalue weighted by atomic mass is 32.1. The van der Waals surface area contributed by atoms with Gasteiger partial charge < -0.3 is 19.2 Å². The number of hydrogen-bond acceptors (Lipinski definition) is 6. The van der Waals surface area contributed by atoms with E-state index in [-0.39, 0.29) is 30.9 Å². The predicted octanol–water partition coefficient (Wildman–Crippen LogP) is 4.81. The standard InChI is InChI=1S/C27H31FN2O4S/c1-2-3-7-21(31)16-29(17-23-9-5-13-33-23)18-27(32)30-12-10-26-24(11-14-35-26)25(30)19-34-22-8-4-6-20(28)15-22/h2,4-6,8-9,11,13-15,21,25,31H,1,3,7,10,12,16-19H2. The maximum Gasteiger partial charge on any atom is 0.237 e. The van der Waals surface area contributed by atoms with Gasteiger partial charge in [0.15, 0.2) is 0 Å². The van der Waals surface area contributed by atoms with E-state index < -0.39 is 6.10 Å². The molecule has 0 bridgehead atoms. The zero-order chi connectivity index (χ0) is 24.6. The van der Waals surface area contributed by atoms with Crippen molar-refractivity contribution in [2.45, 2.75) is 38.0 Å². The third-order valence-corrected chi connectivity index (χ3v) is 7.11. The smallest absolute Gasteiger partial charge is 0.237 e. The van der Waals surface area contributed by atoms with Gasteiger partial charge in [0.25, 0.3) is 0 Å². The zero-order valence-corrected chi connectivity index (χ0v) is 20.5. The maximum absolute atomic E-state index is 13.6. The van der Waals surface area contributed by atoms with Gasteiger partial charge in [-0.1, -0.05) is 12.1 Å². The van der Waals surface area contributed by atoms with Gasteiger partial charge in [-0.2, -0.15) is 0 Å². The number of allylic oxidation sites excluding steroid dienone is 1. The van der Waals surface area contributed by atoms with Gasteiger partial charge in [0, 0.05) is 24.0 Å². The molecule has 1 N–H and O–H groups in total. The Morgan fingerprint density at radius 2 is 2.26 bits per heavy atom. The molecular weight excluding hydrogens is 467 g/mol. The average molecular weight is 499 g/mol. The minimum atomic E-state index is -0.576. The first-order chi connectivity index (χ1) is 17.0. The number of halogens is 1. The van der Waals surface area contributed by atoms with Gasteiger partial charge in [-0.05, 0) is 60.5 Å². The summed E-state index contributed by atoms with van der Waals surface area (Å²) in [6, 6.07) is 11.5. The van der Waals surface area contributed by atoms with E-state index in [1.807, 2.05) is 33.4 Å². The fraction of sp³-hybridized carbons (Fsp3) is 0.370. The van der Waals surface area contributed by atoms with Crippen LogP contribution in [0, 0.1) is 5.82 Å². The zero-order valence-electron chi connectivity index (χ0n) is 19.6. The molecule has 0 saturated heterocycles. The second kappa shape index (κ2) is 12.2. The molecule has 1 aliphatic heterocycles.